The van der Waals surface area contributed by atoms with E-state index in [9.17, 15) is 9.90 Å². The highest BCUT2D eigenvalue weighted by molar-refractivity contribution is 5.95. The maximum Gasteiger partial charge on any atom is 0.254 e. The van der Waals surface area contributed by atoms with Gasteiger partial charge >= 0.3 is 0 Å². The largest absolute Gasteiger partial charge is 0.493 e. The Labute approximate surface area is 185 Å². The maximum absolute atomic E-state index is 13.5. The molecule has 0 saturated carbocycles. The number of tetrazole rings is 1. The molecular weight excluding hydrogens is 414 g/mol. The highest BCUT2D eigenvalue weighted by atomic mass is 16.5. The summed E-state index contributed by atoms with van der Waals surface area (Å²) < 4.78 is 16.5. The second-order valence-electron chi connectivity index (χ2n) is 7.33. The molecular formula is C22H25N5O5. The normalized spacial score (nSPS) is 18.4. The van der Waals surface area contributed by atoms with Crippen molar-refractivity contribution in [2.45, 2.75) is 12.1 Å². The molecule has 1 aliphatic heterocycles. The minimum Gasteiger partial charge on any atom is -0.493 e. The molecule has 1 saturated heterocycles. The predicted octanol–water partition coefficient (Wildman–Crippen LogP) is 1.47. The Hall–Kier alpha value is -3.50. The van der Waals surface area contributed by atoms with Crippen molar-refractivity contribution in [3.05, 3.63) is 53.6 Å². The number of hydrogen-bond donors (Lipinski definition) is 1. The van der Waals surface area contributed by atoms with Crippen LogP contribution in [0.3, 0.4) is 0 Å². The molecule has 0 spiro atoms. The molecule has 10 nitrogen and oxygen atoms in total. The van der Waals surface area contributed by atoms with E-state index in [1.807, 2.05) is 12.1 Å². The minimum atomic E-state index is -0.561. The van der Waals surface area contributed by atoms with Gasteiger partial charge in [-0.25, -0.2) is 0 Å². The standard InChI is InChI=1S/C22H25N5O5/c1-26-24-21(23-25-26)14-4-6-15(7-5-14)22(29)27-10-11-32-19(13-28)20(27)16-8-9-17(30-2)18(12-16)31-3/h4-9,12,19-20,28H,10-11,13H2,1-3H3/t19-,20-/m1/s1. The first-order chi connectivity index (χ1) is 15.5. The lowest BCUT2D eigenvalue weighted by molar-refractivity contribution is -0.0811. The summed E-state index contributed by atoms with van der Waals surface area (Å²) in [5, 5.41) is 22.0. The lowest BCUT2D eigenvalue weighted by atomic mass is 9.96. The summed E-state index contributed by atoms with van der Waals surface area (Å²) in [5.74, 6) is 1.45. The summed E-state index contributed by atoms with van der Waals surface area (Å²) in [5.41, 5.74) is 2.07. The number of aromatic nitrogens is 4. The quantitative estimate of drug-likeness (QED) is 0.615. The second kappa shape index (κ2) is 9.33. The molecule has 0 unspecified atom stereocenters. The Morgan fingerprint density at radius 1 is 1.16 bits per heavy atom. The van der Waals surface area contributed by atoms with Gasteiger partial charge in [0.2, 0.25) is 5.82 Å². The summed E-state index contributed by atoms with van der Waals surface area (Å²) in [6.45, 7) is 0.504. The number of rotatable bonds is 6. The molecule has 10 heteroatoms. The summed E-state index contributed by atoms with van der Waals surface area (Å²) >= 11 is 0. The number of amides is 1. The van der Waals surface area contributed by atoms with Gasteiger partial charge in [-0.05, 0) is 35.0 Å². The third kappa shape index (κ3) is 4.14. The summed E-state index contributed by atoms with van der Waals surface area (Å²) in [4.78, 5) is 16.6. The van der Waals surface area contributed by atoms with Crippen LogP contribution in [0.1, 0.15) is 22.0 Å². The minimum absolute atomic E-state index is 0.162. The Morgan fingerprint density at radius 2 is 1.91 bits per heavy atom. The van der Waals surface area contributed by atoms with Gasteiger partial charge in [0.05, 0.1) is 40.5 Å². The van der Waals surface area contributed by atoms with Gasteiger partial charge in [0.15, 0.2) is 11.5 Å². The Kier molecular flexibility index (Phi) is 6.33. The summed E-state index contributed by atoms with van der Waals surface area (Å²) in [6, 6.07) is 12.0. The van der Waals surface area contributed by atoms with Crippen LogP contribution in [-0.4, -0.2) is 76.2 Å². The van der Waals surface area contributed by atoms with Crippen LogP contribution >= 0.6 is 0 Å². The Bertz CT molecular complexity index is 1080. The fourth-order valence-corrected chi connectivity index (χ4v) is 3.87. The molecule has 2 atom stereocenters. The van der Waals surface area contributed by atoms with Gasteiger partial charge in [-0.1, -0.05) is 18.2 Å². The number of morpholine rings is 1. The van der Waals surface area contributed by atoms with Crippen molar-refractivity contribution in [2.24, 2.45) is 7.05 Å². The van der Waals surface area contributed by atoms with Crippen molar-refractivity contribution in [2.75, 3.05) is 34.0 Å². The van der Waals surface area contributed by atoms with Crippen LogP contribution in [0.5, 0.6) is 11.5 Å². The zero-order valence-corrected chi connectivity index (χ0v) is 18.1. The molecule has 2 aromatic carbocycles. The molecule has 1 aliphatic rings. The molecule has 32 heavy (non-hydrogen) atoms. The van der Waals surface area contributed by atoms with E-state index in [0.717, 1.165) is 11.1 Å². The van der Waals surface area contributed by atoms with Crippen molar-refractivity contribution < 1.29 is 24.1 Å². The van der Waals surface area contributed by atoms with Crippen molar-refractivity contribution in [1.82, 2.24) is 25.1 Å². The SMILES string of the molecule is COc1ccc([C@@H]2[C@@H](CO)OCCN2C(=O)c2ccc(-c3nnn(C)n3)cc2)cc1OC. The highest BCUT2D eigenvalue weighted by Gasteiger charge is 2.37. The van der Waals surface area contributed by atoms with E-state index >= 15 is 0 Å². The molecule has 2 heterocycles. The zero-order valence-electron chi connectivity index (χ0n) is 18.1. The summed E-state index contributed by atoms with van der Waals surface area (Å²) in [6.07, 6.45) is -0.561. The van der Waals surface area contributed by atoms with Gasteiger partial charge in [0.25, 0.3) is 5.91 Å². The first kappa shape index (κ1) is 21.7. The van der Waals surface area contributed by atoms with E-state index < -0.39 is 12.1 Å². The number of carbonyl (C=O) groups excluding carboxylic acids is 1. The molecule has 1 N–H and O–H groups in total. The second-order valence-corrected chi connectivity index (χ2v) is 7.33. The molecule has 1 amide bonds. The molecule has 0 bridgehead atoms. The average molecular weight is 439 g/mol. The Balaban J connectivity index is 1.65. The van der Waals surface area contributed by atoms with Crippen molar-refractivity contribution >= 4 is 5.91 Å². The number of ether oxygens (including phenoxy) is 3. The third-order valence-electron chi connectivity index (χ3n) is 5.44. The van der Waals surface area contributed by atoms with Gasteiger partial charge in [0, 0.05) is 17.7 Å². The average Bonchev–Trinajstić information content (AvgIpc) is 3.28. The Morgan fingerprint density at radius 3 is 2.53 bits per heavy atom. The monoisotopic (exact) mass is 439 g/mol. The van der Waals surface area contributed by atoms with Crippen LogP contribution in [0.15, 0.2) is 42.5 Å². The van der Waals surface area contributed by atoms with E-state index in [0.29, 0.717) is 36.0 Å². The number of methoxy groups -OCH3 is 2. The van der Waals surface area contributed by atoms with Crippen molar-refractivity contribution in [3.63, 3.8) is 0 Å². The van der Waals surface area contributed by atoms with E-state index in [1.54, 1.807) is 56.5 Å². The van der Waals surface area contributed by atoms with Gasteiger partial charge < -0.3 is 24.2 Å². The van der Waals surface area contributed by atoms with Crippen LogP contribution in [0.25, 0.3) is 11.4 Å². The molecule has 3 aromatic rings. The van der Waals surface area contributed by atoms with Crippen LogP contribution in [0.2, 0.25) is 0 Å². The third-order valence-corrected chi connectivity index (χ3v) is 5.44. The molecule has 1 fully saturated rings. The first-order valence-corrected chi connectivity index (χ1v) is 10.2. The number of hydrogen-bond acceptors (Lipinski definition) is 8. The first-order valence-electron chi connectivity index (χ1n) is 10.2. The fourth-order valence-electron chi connectivity index (χ4n) is 3.87. The van der Waals surface area contributed by atoms with E-state index in [1.165, 1.54) is 4.80 Å². The van der Waals surface area contributed by atoms with E-state index in [-0.39, 0.29) is 12.5 Å². The number of aliphatic hydroxyl groups excluding tert-OH is 1. The van der Waals surface area contributed by atoms with Gasteiger partial charge in [-0.3, -0.25) is 4.79 Å². The molecule has 0 aliphatic carbocycles. The van der Waals surface area contributed by atoms with Crippen LogP contribution in [0, 0.1) is 0 Å². The molecule has 1 aromatic heterocycles. The van der Waals surface area contributed by atoms with Crippen molar-refractivity contribution in [1.29, 1.82) is 0 Å². The number of aliphatic hydroxyl groups is 1. The smallest absolute Gasteiger partial charge is 0.254 e. The molecule has 168 valence electrons. The zero-order chi connectivity index (χ0) is 22.7. The van der Waals surface area contributed by atoms with Gasteiger partial charge in [-0.2, -0.15) is 4.80 Å². The molecule has 4 rings (SSSR count). The fraction of sp³-hybridized carbons (Fsp3) is 0.364. The maximum atomic E-state index is 13.5. The van der Waals surface area contributed by atoms with Crippen LogP contribution in [0.4, 0.5) is 0 Å². The number of carbonyl (C=O) groups is 1. The predicted molar refractivity (Wildman–Crippen MR) is 114 cm³/mol. The number of nitrogens with zero attached hydrogens (tertiary/aromatic N) is 5. The molecule has 0 radical (unpaired) electrons. The summed E-state index contributed by atoms with van der Waals surface area (Å²) in [7, 11) is 4.81. The van der Waals surface area contributed by atoms with Crippen LogP contribution in [-0.2, 0) is 11.8 Å². The number of aryl methyl sites for hydroxylation is 1. The number of benzene rings is 2. The lowest BCUT2D eigenvalue weighted by Crippen LogP contribution is -2.49. The van der Waals surface area contributed by atoms with E-state index in [4.69, 9.17) is 14.2 Å². The van der Waals surface area contributed by atoms with Gasteiger partial charge in [0.1, 0.15) is 6.10 Å². The van der Waals surface area contributed by atoms with Crippen molar-refractivity contribution in [3.8, 4) is 22.9 Å². The van der Waals surface area contributed by atoms with Crippen LogP contribution < -0.4 is 9.47 Å². The highest BCUT2D eigenvalue weighted by Crippen LogP contribution is 2.36. The van der Waals surface area contributed by atoms with Gasteiger partial charge in [-0.15, -0.1) is 10.2 Å². The lowest BCUT2D eigenvalue weighted by Gasteiger charge is -2.41. The topological polar surface area (TPSA) is 112 Å². The van der Waals surface area contributed by atoms with E-state index in [2.05, 4.69) is 15.4 Å².